The third-order valence-corrected chi connectivity index (χ3v) is 9.81. The Morgan fingerprint density at radius 3 is 2.51 bits per heavy atom. The molecule has 0 aliphatic carbocycles. The highest BCUT2D eigenvalue weighted by molar-refractivity contribution is 6.49. The molecular formula is C32H44F3N7O6Si. The molecule has 4 rings (SSSR count). The zero-order valence-corrected chi connectivity index (χ0v) is 31.2. The van der Waals surface area contributed by atoms with Crippen molar-refractivity contribution in [2.75, 3.05) is 13.2 Å². The van der Waals surface area contributed by atoms with Crippen molar-refractivity contribution in [1.82, 2.24) is 10.2 Å². The van der Waals surface area contributed by atoms with E-state index in [0.29, 0.717) is 27.6 Å². The molecule has 17 heteroatoms. The molecule has 3 aliphatic heterocycles. The van der Waals surface area contributed by atoms with Crippen LogP contribution in [0.5, 0.6) is 0 Å². The number of carbonyl (C=O) groups is 1. The van der Waals surface area contributed by atoms with E-state index in [4.69, 9.17) is 25.2 Å². The lowest BCUT2D eigenvalue weighted by molar-refractivity contribution is -0.385. The fraction of sp³-hybridized carbons (Fsp3) is 0.625. The number of hydrogen-bond donors (Lipinski definition) is 3. The van der Waals surface area contributed by atoms with Crippen LogP contribution in [0, 0.1) is 27.4 Å². The lowest BCUT2D eigenvalue weighted by Gasteiger charge is -2.42. The summed E-state index contributed by atoms with van der Waals surface area (Å²) >= 11 is 0. The van der Waals surface area contributed by atoms with Gasteiger partial charge >= 0.3 is 12.1 Å². The fourth-order valence-electron chi connectivity index (χ4n) is 6.34. The minimum absolute atomic E-state index is 0.141. The van der Waals surface area contributed by atoms with Crippen LogP contribution >= 0.6 is 0 Å². The topological polar surface area (TPSA) is 177 Å². The van der Waals surface area contributed by atoms with E-state index in [-0.39, 0.29) is 36.3 Å². The number of nitro groups is 1. The summed E-state index contributed by atoms with van der Waals surface area (Å²) in [6.07, 6.45) is -6.12. The van der Waals surface area contributed by atoms with E-state index in [1.54, 1.807) is 12.2 Å². The van der Waals surface area contributed by atoms with Crippen LogP contribution in [0.15, 0.2) is 33.2 Å². The van der Waals surface area contributed by atoms with Gasteiger partial charge < -0.3 is 30.5 Å². The van der Waals surface area contributed by atoms with Gasteiger partial charge in [-0.2, -0.15) is 13.2 Å². The Kier molecular flexibility index (Phi) is 10.0. The van der Waals surface area contributed by atoms with Gasteiger partial charge in [-0.15, -0.1) is 0 Å². The summed E-state index contributed by atoms with van der Waals surface area (Å²) in [6.45, 7) is 14.8. The van der Waals surface area contributed by atoms with Crippen LogP contribution in [0.25, 0.3) is 0 Å². The molecule has 3 aliphatic rings. The number of aliphatic imine (C=N–C) groups is 3. The van der Waals surface area contributed by atoms with Gasteiger partial charge in [0.2, 0.25) is 0 Å². The molecule has 1 aromatic rings. The van der Waals surface area contributed by atoms with E-state index in [2.05, 4.69) is 16.8 Å². The lowest BCUT2D eigenvalue weighted by Crippen LogP contribution is -2.60. The van der Waals surface area contributed by atoms with Gasteiger partial charge in [-0.3, -0.25) is 19.9 Å². The average molecular weight is 708 g/mol. The molecule has 0 bridgehead atoms. The number of nitrogens with two attached hydrogens (primary N) is 1. The minimum Gasteiger partial charge on any atom is -0.386 e. The standard InChI is InChI=1S/C32H44F3N7O6Si/c1-18-38-25-24(39-19(2)41(25)31(49)17-29(44,27(3,4)5)23(48-31)16-47-28(6,7)8)30(36,40-18)15-21-12-11-20(14-22(21)42(45)46)10-9-13-37-26(43)32(33,34)35/h11-12,14,19,23,44H,13,15-17,36H2,1-8,49H3,(H,37,43)/t19?,23-,29+,30?,31+/m1/s1. The van der Waals surface area contributed by atoms with Gasteiger partial charge in [-0.05, 0) is 46.1 Å². The first-order valence-corrected chi connectivity index (χ1v) is 16.8. The van der Waals surface area contributed by atoms with Gasteiger partial charge in [0.1, 0.15) is 34.8 Å². The zero-order valence-electron chi connectivity index (χ0n) is 29.2. The Morgan fingerprint density at radius 1 is 1.29 bits per heavy atom. The van der Waals surface area contributed by atoms with Crippen molar-refractivity contribution in [3.05, 3.63) is 39.4 Å². The predicted octanol–water partition coefficient (Wildman–Crippen LogP) is 2.16. The molecule has 4 N–H and O–H groups in total. The van der Waals surface area contributed by atoms with Crippen molar-refractivity contribution in [3.63, 3.8) is 0 Å². The van der Waals surface area contributed by atoms with Crippen LogP contribution in [0.1, 0.15) is 72.9 Å². The van der Waals surface area contributed by atoms with Gasteiger partial charge in [-0.25, -0.2) is 9.98 Å². The maximum atomic E-state index is 12.4. The molecule has 1 saturated heterocycles. The number of rotatable bonds is 7. The third-order valence-electron chi connectivity index (χ3n) is 8.74. The Morgan fingerprint density at radius 2 is 1.94 bits per heavy atom. The SMILES string of the molecule is CC1=NC(N)(Cc2ccc(C#CCNC(=O)C(F)(F)F)cc2[N+](=O)[O-])C2=NC(C)N([C@@]3([SiH3])C[C@@](O)(C(C)(C)C)[C@@H](COC(C)(C)C)O3)C2=N1. The maximum Gasteiger partial charge on any atom is 0.471 e. The van der Waals surface area contributed by atoms with E-state index in [9.17, 15) is 33.2 Å². The van der Waals surface area contributed by atoms with E-state index >= 15 is 0 Å². The number of halogens is 3. The summed E-state index contributed by atoms with van der Waals surface area (Å²) in [5, 5.41) is 25.0. The van der Waals surface area contributed by atoms with E-state index in [1.165, 1.54) is 18.2 Å². The fourth-order valence-corrected chi connectivity index (χ4v) is 7.75. The highest BCUT2D eigenvalue weighted by Gasteiger charge is 2.63. The molecule has 0 spiro atoms. The first-order chi connectivity index (χ1) is 22.3. The van der Waals surface area contributed by atoms with E-state index in [0.717, 1.165) is 0 Å². The number of fused-ring (bicyclic) bond motifs is 1. The molecule has 2 unspecified atom stereocenters. The van der Waals surface area contributed by atoms with Crippen LogP contribution in [0.4, 0.5) is 18.9 Å². The monoisotopic (exact) mass is 707 g/mol. The third kappa shape index (κ3) is 7.88. The number of amidine groups is 2. The van der Waals surface area contributed by atoms with Crippen molar-refractivity contribution in [2.45, 2.75) is 109 Å². The summed E-state index contributed by atoms with van der Waals surface area (Å²) in [7, 11) is 0.432. The number of carbonyl (C=O) groups excluding carboxylic acids is 1. The number of alkyl halides is 3. The summed E-state index contributed by atoms with van der Waals surface area (Å²) in [5.41, 5.74) is 3.43. The number of ether oxygens (including phenoxy) is 2. The van der Waals surface area contributed by atoms with Gasteiger partial charge in [0, 0.05) is 30.0 Å². The first kappa shape index (κ1) is 38.1. The second kappa shape index (κ2) is 12.9. The average Bonchev–Trinajstić information content (AvgIpc) is 3.43. The molecule has 5 atom stereocenters. The number of hydrogen-bond acceptors (Lipinski definition) is 11. The quantitative estimate of drug-likeness (QED) is 0.167. The van der Waals surface area contributed by atoms with Crippen molar-refractivity contribution in [1.29, 1.82) is 0 Å². The predicted molar refractivity (Wildman–Crippen MR) is 181 cm³/mol. The number of benzene rings is 1. The van der Waals surface area contributed by atoms with Crippen molar-refractivity contribution < 1.29 is 37.5 Å². The normalized spacial score (nSPS) is 28.7. The Labute approximate surface area is 286 Å². The van der Waals surface area contributed by atoms with Crippen LogP contribution in [0.2, 0.25) is 0 Å². The molecule has 3 heterocycles. The maximum absolute atomic E-state index is 12.4. The van der Waals surface area contributed by atoms with Gasteiger partial charge in [0.05, 0.1) is 33.9 Å². The highest BCUT2D eigenvalue weighted by atomic mass is 28.1. The van der Waals surface area contributed by atoms with E-state index in [1.807, 2.05) is 53.4 Å². The van der Waals surface area contributed by atoms with Crippen molar-refractivity contribution >= 4 is 39.2 Å². The molecule has 1 aromatic carbocycles. The van der Waals surface area contributed by atoms with Gasteiger partial charge in [0.25, 0.3) is 5.69 Å². The lowest BCUT2D eigenvalue weighted by atomic mass is 9.72. The summed E-state index contributed by atoms with van der Waals surface area (Å²) < 4.78 is 50.1. The van der Waals surface area contributed by atoms with Crippen LogP contribution in [-0.4, -0.2) is 102 Å². The summed E-state index contributed by atoms with van der Waals surface area (Å²) in [5.74, 6) is 3.49. The summed E-state index contributed by atoms with van der Waals surface area (Å²) in [6, 6.07) is 4.11. The van der Waals surface area contributed by atoms with E-state index < -0.39 is 63.4 Å². The number of nitrogens with one attached hydrogen (secondary N) is 1. The molecule has 1 fully saturated rings. The Bertz CT molecular complexity index is 1680. The molecule has 268 valence electrons. The van der Waals surface area contributed by atoms with Crippen LogP contribution < -0.4 is 11.1 Å². The number of amides is 1. The molecule has 1 amide bonds. The minimum atomic E-state index is -5.05. The molecule has 0 saturated carbocycles. The Hall–Kier alpha value is -3.69. The number of aliphatic hydroxyl groups is 1. The zero-order chi connectivity index (χ0) is 37.0. The highest BCUT2D eigenvalue weighted by Crippen LogP contribution is 2.50. The van der Waals surface area contributed by atoms with Crippen LogP contribution in [0.3, 0.4) is 0 Å². The van der Waals surface area contributed by atoms with Crippen LogP contribution in [-0.2, 0) is 20.7 Å². The Balaban J connectivity index is 1.63. The summed E-state index contributed by atoms with van der Waals surface area (Å²) in [4.78, 5) is 38.6. The molecular weight excluding hydrogens is 663 g/mol. The van der Waals surface area contributed by atoms with Crippen molar-refractivity contribution in [3.8, 4) is 11.8 Å². The largest absolute Gasteiger partial charge is 0.471 e. The first-order valence-electron chi connectivity index (χ1n) is 15.8. The molecule has 0 aromatic heterocycles. The number of nitro benzene ring substituents is 1. The second-order valence-electron chi connectivity index (χ2n) is 14.8. The second-order valence-corrected chi connectivity index (χ2v) is 16.4. The van der Waals surface area contributed by atoms with Crippen molar-refractivity contribution in [2.24, 2.45) is 26.1 Å². The van der Waals surface area contributed by atoms with Gasteiger partial charge in [0.15, 0.2) is 11.5 Å². The smallest absolute Gasteiger partial charge is 0.386 e. The number of nitrogens with zero attached hydrogens (tertiary/aromatic N) is 5. The molecule has 13 nitrogen and oxygen atoms in total. The van der Waals surface area contributed by atoms with Gasteiger partial charge in [-0.1, -0.05) is 38.7 Å². The molecule has 0 radical (unpaired) electrons. The molecule has 49 heavy (non-hydrogen) atoms.